The van der Waals surface area contributed by atoms with Crippen LogP contribution in [0.3, 0.4) is 0 Å². The van der Waals surface area contributed by atoms with Crippen molar-refractivity contribution in [3.63, 3.8) is 0 Å². The molecule has 0 fully saturated rings. The van der Waals surface area contributed by atoms with E-state index in [-0.39, 0.29) is 0 Å². The number of benzene rings is 2. The van der Waals surface area contributed by atoms with Crippen molar-refractivity contribution in [2.24, 2.45) is 0 Å². The van der Waals surface area contributed by atoms with E-state index in [1.807, 2.05) is 30.3 Å². The highest BCUT2D eigenvalue weighted by atomic mass is 32.2. The summed E-state index contributed by atoms with van der Waals surface area (Å²) >= 11 is 3.26. The van der Waals surface area contributed by atoms with E-state index in [1.165, 1.54) is 5.56 Å². The zero-order valence-corrected chi connectivity index (χ0v) is 15.9. The molecule has 0 spiro atoms. The lowest BCUT2D eigenvalue weighted by atomic mass is 10.1. The first-order valence-electron chi connectivity index (χ1n) is 8.34. The molecule has 0 aliphatic heterocycles. The molecule has 0 N–H and O–H groups in total. The normalized spacial score (nSPS) is 11.0. The number of hydrogen-bond acceptors (Lipinski definition) is 6. The lowest BCUT2D eigenvalue weighted by Crippen LogP contribution is -1.98. The van der Waals surface area contributed by atoms with Gasteiger partial charge in [-0.1, -0.05) is 61.2 Å². The number of nitrogens with zero attached hydrogens (tertiary/aromatic N) is 5. The first-order chi connectivity index (χ1) is 12.8. The van der Waals surface area contributed by atoms with Gasteiger partial charge in [0.25, 0.3) is 0 Å². The summed E-state index contributed by atoms with van der Waals surface area (Å²) in [7, 11) is 0. The Hall–Kier alpha value is -2.51. The van der Waals surface area contributed by atoms with Crippen LogP contribution in [-0.2, 0) is 12.2 Å². The van der Waals surface area contributed by atoms with Gasteiger partial charge in [0.2, 0.25) is 5.16 Å². The SMILES string of the molecule is CCc1ccc(-c2nc(CSc3nnnn3-c3ccccc3)cs2)cc1. The molecule has 130 valence electrons. The van der Waals surface area contributed by atoms with Gasteiger partial charge < -0.3 is 0 Å². The van der Waals surface area contributed by atoms with Crippen LogP contribution < -0.4 is 0 Å². The summed E-state index contributed by atoms with van der Waals surface area (Å²) in [6, 6.07) is 18.5. The van der Waals surface area contributed by atoms with Gasteiger partial charge in [-0.05, 0) is 34.5 Å². The van der Waals surface area contributed by atoms with Crippen molar-refractivity contribution >= 4 is 23.1 Å². The smallest absolute Gasteiger partial charge is 0.214 e. The number of aryl methyl sites for hydroxylation is 1. The Morgan fingerprint density at radius 2 is 1.85 bits per heavy atom. The lowest BCUT2D eigenvalue weighted by molar-refractivity contribution is 0.756. The summed E-state index contributed by atoms with van der Waals surface area (Å²) in [6.07, 6.45) is 1.05. The van der Waals surface area contributed by atoms with Crippen LogP contribution in [0.15, 0.2) is 65.1 Å². The zero-order valence-electron chi connectivity index (χ0n) is 14.2. The van der Waals surface area contributed by atoms with Crippen LogP contribution in [0.5, 0.6) is 0 Å². The molecule has 7 heteroatoms. The molecule has 0 aliphatic rings. The number of aromatic nitrogens is 5. The molecule has 2 aromatic carbocycles. The highest BCUT2D eigenvalue weighted by Crippen LogP contribution is 2.28. The van der Waals surface area contributed by atoms with Gasteiger partial charge in [-0.25, -0.2) is 4.98 Å². The largest absolute Gasteiger partial charge is 0.240 e. The highest BCUT2D eigenvalue weighted by Gasteiger charge is 2.11. The van der Waals surface area contributed by atoms with E-state index in [2.05, 4.69) is 52.1 Å². The van der Waals surface area contributed by atoms with Crippen LogP contribution in [0.1, 0.15) is 18.2 Å². The number of tetrazole rings is 1. The number of thiazole rings is 1. The minimum absolute atomic E-state index is 0.733. The first kappa shape index (κ1) is 16.9. The quantitative estimate of drug-likeness (QED) is 0.457. The van der Waals surface area contributed by atoms with Crippen molar-refractivity contribution in [3.8, 4) is 16.3 Å². The van der Waals surface area contributed by atoms with Crippen molar-refractivity contribution in [2.75, 3.05) is 0 Å². The average molecular weight is 380 g/mol. The van der Waals surface area contributed by atoms with Gasteiger partial charge in [0.05, 0.1) is 11.4 Å². The molecule has 4 aromatic rings. The van der Waals surface area contributed by atoms with Crippen LogP contribution in [0.25, 0.3) is 16.3 Å². The second kappa shape index (κ2) is 7.80. The maximum atomic E-state index is 4.76. The number of para-hydroxylation sites is 1. The summed E-state index contributed by atoms with van der Waals surface area (Å²) in [5.41, 5.74) is 4.50. The molecule has 0 atom stereocenters. The summed E-state index contributed by atoms with van der Waals surface area (Å²) in [4.78, 5) is 4.76. The van der Waals surface area contributed by atoms with Crippen molar-refractivity contribution in [1.82, 2.24) is 25.2 Å². The van der Waals surface area contributed by atoms with Crippen molar-refractivity contribution in [2.45, 2.75) is 24.3 Å². The Labute approximate surface area is 160 Å². The number of thioether (sulfide) groups is 1. The minimum Gasteiger partial charge on any atom is -0.240 e. The first-order valence-corrected chi connectivity index (χ1v) is 10.2. The van der Waals surface area contributed by atoms with Gasteiger partial charge in [0.1, 0.15) is 5.01 Å². The molecule has 0 aliphatic carbocycles. The maximum absolute atomic E-state index is 4.76. The fourth-order valence-corrected chi connectivity index (χ4v) is 4.24. The Balaban J connectivity index is 1.46. The van der Waals surface area contributed by atoms with Gasteiger partial charge in [-0.15, -0.1) is 16.4 Å². The highest BCUT2D eigenvalue weighted by molar-refractivity contribution is 7.98. The van der Waals surface area contributed by atoms with Crippen molar-refractivity contribution in [1.29, 1.82) is 0 Å². The minimum atomic E-state index is 0.733. The maximum Gasteiger partial charge on any atom is 0.214 e. The summed E-state index contributed by atoms with van der Waals surface area (Å²) in [5.74, 6) is 0.733. The Kier molecular flexibility index (Phi) is 5.08. The van der Waals surface area contributed by atoms with Crippen LogP contribution in [0.2, 0.25) is 0 Å². The monoisotopic (exact) mass is 379 g/mol. The van der Waals surface area contributed by atoms with E-state index < -0.39 is 0 Å². The second-order valence-corrected chi connectivity index (χ2v) is 7.49. The van der Waals surface area contributed by atoms with E-state index in [4.69, 9.17) is 4.98 Å². The molecule has 5 nitrogen and oxygen atoms in total. The van der Waals surface area contributed by atoms with Gasteiger partial charge >= 0.3 is 0 Å². The second-order valence-electron chi connectivity index (χ2n) is 5.69. The van der Waals surface area contributed by atoms with Crippen LogP contribution in [-0.4, -0.2) is 25.2 Å². The molecule has 2 heterocycles. The van der Waals surface area contributed by atoms with Crippen molar-refractivity contribution in [3.05, 3.63) is 71.2 Å². The molecule has 0 unspecified atom stereocenters. The summed E-state index contributed by atoms with van der Waals surface area (Å²) in [6.45, 7) is 2.16. The standard InChI is InChI=1S/C19H17N5S2/c1-2-14-8-10-15(11-9-14)18-20-16(12-25-18)13-26-19-21-22-23-24(19)17-6-4-3-5-7-17/h3-12H,2,13H2,1H3. The molecule has 0 saturated heterocycles. The van der Waals surface area contributed by atoms with E-state index in [0.717, 1.165) is 39.3 Å². The van der Waals surface area contributed by atoms with Gasteiger partial charge in [0, 0.05) is 16.7 Å². The molecular formula is C19H17N5S2. The van der Waals surface area contributed by atoms with E-state index in [0.29, 0.717) is 0 Å². The predicted octanol–water partition coefficient (Wildman–Crippen LogP) is 4.64. The van der Waals surface area contributed by atoms with E-state index in [9.17, 15) is 0 Å². The van der Waals surface area contributed by atoms with Crippen LogP contribution in [0, 0.1) is 0 Å². The summed E-state index contributed by atoms with van der Waals surface area (Å²) < 4.78 is 1.75. The van der Waals surface area contributed by atoms with Gasteiger partial charge in [-0.2, -0.15) is 4.68 Å². The molecule has 0 amide bonds. The third-order valence-corrected chi connectivity index (χ3v) is 5.84. The molecule has 0 bridgehead atoms. The molecule has 4 rings (SSSR count). The van der Waals surface area contributed by atoms with Gasteiger partial charge in [0.15, 0.2) is 0 Å². The van der Waals surface area contributed by atoms with Crippen LogP contribution in [0.4, 0.5) is 0 Å². The molecule has 26 heavy (non-hydrogen) atoms. The lowest BCUT2D eigenvalue weighted by Gasteiger charge is -2.02. The fraction of sp³-hybridized carbons (Fsp3) is 0.158. The molecule has 0 radical (unpaired) electrons. The van der Waals surface area contributed by atoms with E-state index >= 15 is 0 Å². The Bertz CT molecular complexity index is 977. The third kappa shape index (κ3) is 3.68. The summed E-state index contributed by atoms with van der Waals surface area (Å²) in [5, 5.41) is 15.9. The third-order valence-electron chi connectivity index (χ3n) is 3.95. The Morgan fingerprint density at radius 3 is 2.62 bits per heavy atom. The molecular weight excluding hydrogens is 362 g/mol. The zero-order chi connectivity index (χ0) is 17.8. The van der Waals surface area contributed by atoms with E-state index in [1.54, 1.807) is 27.8 Å². The Morgan fingerprint density at radius 1 is 1.04 bits per heavy atom. The van der Waals surface area contributed by atoms with Gasteiger partial charge in [-0.3, -0.25) is 0 Å². The van der Waals surface area contributed by atoms with Crippen LogP contribution >= 0.6 is 23.1 Å². The number of rotatable bonds is 6. The topological polar surface area (TPSA) is 56.5 Å². The van der Waals surface area contributed by atoms with Crippen molar-refractivity contribution < 1.29 is 0 Å². The fourth-order valence-electron chi connectivity index (χ4n) is 2.53. The molecule has 0 saturated carbocycles. The molecule has 2 aromatic heterocycles. The predicted molar refractivity (Wildman–Crippen MR) is 106 cm³/mol. The average Bonchev–Trinajstić information content (AvgIpc) is 3.36. The number of hydrogen-bond donors (Lipinski definition) is 0.